The molecule has 0 aliphatic heterocycles. The molecule has 1 amide bonds. The molecule has 0 aliphatic rings. The van der Waals surface area contributed by atoms with Gasteiger partial charge in [-0.3, -0.25) is 4.79 Å². The number of nitrogens with one attached hydrogen (secondary N) is 1. The molecular weight excluding hydrogens is 328 g/mol. The van der Waals surface area contributed by atoms with E-state index in [1.165, 1.54) is 5.56 Å². The fraction of sp³-hybridized carbons (Fsp3) is 0.381. The van der Waals surface area contributed by atoms with Crippen molar-refractivity contribution < 1.29 is 18.9 Å². The first-order chi connectivity index (χ1) is 12.5. The molecule has 2 aromatic rings. The maximum atomic E-state index is 12.3. The summed E-state index contributed by atoms with van der Waals surface area (Å²) in [6, 6.07) is 10.9. The second kappa shape index (κ2) is 9.70. The van der Waals surface area contributed by atoms with Crippen LogP contribution in [0, 0.1) is 6.92 Å². The molecule has 1 aromatic carbocycles. The molecule has 0 aliphatic carbocycles. The van der Waals surface area contributed by atoms with Crippen molar-refractivity contribution in [3.05, 3.63) is 59.4 Å². The Morgan fingerprint density at radius 3 is 2.46 bits per heavy atom. The molecule has 0 radical (unpaired) electrons. The van der Waals surface area contributed by atoms with E-state index >= 15 is 0 Å². The number of aromatic nitrogens is 1. The summed E-state index contributed by atoms with van der Waals surface area (Å²) in [6.45, 7) is 6.79. The average Bonchev–Trinajstić information content (AvgIpc) is 2.64. The Balaban J connectivity index is 1.94. The lowest BCUT2D eigenvalue weighted by atomic mass is 10.2. The highest BCUT2D eigenvalue weighted by Gasteiger charge is 2.14. The van der Waals surface area contributed by atoms with Gasteiger partial charge in [-0.05, 0) is 43.2 Å². The quantitative estimate of drug-likeness (QED) is 0.448. The number of esters is 1. The molecule has 0 saturated carbocycles. The number of rotatable bonds is 8. The highest BCUT2D eigenvalue weighted by atomic mass is 16.5. The summed E-state index contributed by atoms with van der Waals surface area (Å²) in [4.78, 5) is 24.2. The van der Waals surface area contributed by atoms with Crippen LogP contribution in [0.25, 0.3) is 0 Å². The zero-order valence-corrected chi connectivity index (χ0v) is 15.7. The van der Waals surface area contributed by atoms with Crippen LogP contribution in [0.3, 0.4) is 0 Å². The van der Waals surface area contributed by atoms with Gasteiger partial charge in [0, 0.05) is 24.2 Å². The lowest BCUT2D eigenvalue weighted by Crippen LogP contribution is -2.43. The van der Waals surface area contributed by atoms with Crippen LogP contribution in [0.1, 0.15) is 48.3 Å². The topological polar surface area (TPSA) is 59.3 Å². The van der Waals surface area contributed by atoms with E-state index in [0.29, 0.717) is 17.9 Å². The van der Waals surface area contributed by atoms with Gasteiger partial charge in [0.2, 0.25) is 6.54 Å². The molecule has 26 heavy (non-hydrogen) atoms. The van der Waals surface area contributed by atoms with Crippen molar-refractivity contribution in [3.8, 4) is 0 Å². The van der Waals surface area contributed by atoms with Gasteiger partial charge < -0.3 is 10.1 Å². The minimum Gasteiger partial charge on any atom is -0.462 e. The number of pyridine rings is 1. The molecule has 5 nitrogen and oxygen atoms in total. The molecule has 0 bridgehead atoms. The van der Waals surface area contributed by atoms with Crippen LogP contribution in [0.5, 0.6) is 0 Å². The minimum atomic E-state index is -0.334. The maximum Gasteiger partial charge on any atom is 0.338 e. The molecule has 5 heteroatoms. The number of unbranched alkanes of at least 4 members (excludes halogenated alkanes) is 1. The summed E-state index contributed by atoms with van der Waals surface area (Å²) in [6.07, 6.45) is 4.77. The van der Waals surface area contributed by atoms with Crippen molar-refractivity contribution in [1.82, 2.24) is 0 Å². The first-order valence-corrected chi connectivity index (χ1v) is 9.09. The Bertz CT molecular complexity index is 754. The Hall–Kier alpha value is -2.69. The average molecular weight is 355 g/mol. The van der Waals surface area contributed by atoms with Gasteiger partial charge in [-0.1, -0.05) is 20.3 Å². The van der Waals surface area contributed by atoms with Gasteiger partial charge in [0.15, 0.2) is 11.9 Å². The monoisotopic (exact) mass is 355 g/mol. The first-order valence-electron chi connectivity index (χ1n) is 9.09. The van der Waals surface area contributed by atoms with Crippen molar-refractivity contribution in [2.24, 2.45) is 0 Å². The van der Waals surface area contributed by atoms with Crippen LogP contribution in [0.2, 0.25) is 0 Å². The molecule has 138 valence electrons. The molecule has 0 spiro atoms. The van der Waals surface area contributed by atoms with Crippen molar-refractivity contribution in [3.63, 3.8) is 0 Å². The number of hydrogen-bond acceptors (Lipinski definition) is 3. The van der Waals surface area contributed by atoms with Crippen molar-refractivity contribution in [2.45, 2.75) is 46.6 Å². The molecule has 1 heterocycles. The van der Waals surface area contributed by atoms with Gasteiger partial charge in [0.05, 0.1) is 12.2 Å². The van der Waals surface area contributed by atoms with Crippen LogP contribution in [0.15, 0.2) is 42.6 Å². The van der Waals surface area contributed by atoms with E-state index in [0.717, 1.165) is 25.0 Å². The zero-order valence-electron chi connectivity index (χ0n) is 15.7. The highest BCUT2D eigenvalue weighted by molar-refractivity contribution is 5.92. The van der Waals surface area contributed by atoms with Gasteiger partial charge in [-0.25, -0.2) is 4.79 Å². The van der Waals surface area contributed by atoms with Gasteiger partial charge >= 0.3 is 5.97 Å². The van der Waals surface area contributed by atoms with Gasteiger partial charge in [-0.15, -0.1) is 0 Å². The summed E-state index contributed by atoms with van der Waals surface area (Å²) in [7, 11) is 0. The summed E-state index contributed by atoms with van der Waals surface area (Å²) in [5, 5.41) is 2.86. The maximum absolute atomic E-state index is 12.3. The number of aryl methyl sites for hydroxylation is 2. The zero-order chi connectivity index (χ0) is 18.9. The third-order valence-corrected chi connectivity index (χ3v) is 4.17. The van der Waals surface area contributed by atoms with Crippen molar-refractivity contribution in [1.29, 1.82) is 0 Å². The number of benzene rings is 1. The third-order valence-electron chi connectivity index (χ3n) is 4.17. The summed E-state index contributed by atoms with van der Waals surface area (Å²) < 4.78 is 7.11. The van der Waals surface area contributed by atoms with Crippen LogP contribution in [-0.2, 0) is 22.5 Å². The third kappa shape index (κ3) is 5.69. The fourth-order valence-corrected chi connectivity index (χ4v) is 2.49. The molecule has 1 N–H and O–H groups in total. The van der Waals surface area contributed by atoms with Crippen molar-refractivity contribution >= 4 is 17.6 Å². The van der Waals surface area contributed by atoms with E-state index < -0.39 is 0 Å². The summed E-state index contributed by atoms with van der Waals surface area (Å²) in [5.41, 5.74) is 3.36. The van der Waals surface area contributed by atoms with E-state index in [2.05, 4.69) is 18.3 Å². The number of carbonyl (C=O) groups is 2. The Labute approximate surface area is 155 Å². The second-order valence-electron chi connectivity index (χ2n) is 6.28. The predicted molar refractivity (Wildman–Crippen MR) is 101 cm³/mol. The number of ether oxygens (including phenoxy) is 1. The molecule has 0 saturated heterocycles. The fourth-order valence-electron chi connectivity index (χ4n) is 2.49. The van der Waals surface area contributed by atoms with E-state index in [9.17, 15) is 9.59 Å². The van der Waals surface area contributed by atoms with Crippen LogP contribution in [-0.4, -0.2) is 18.5 Å². The van der Waals surface area contributed by atoms with Crippen LogP contribution < -0.4 is 9.88 Å². The van der Waals surface area contributed by atoms with Crippen LogP contribution in [0.4, 0.5) is 5.69 Å². The standard InChI is InChI=1S/C21H26N2O3/c1-4-6-13-26-21(25)18-9-11-19(12-10-18)22-20(24)15-23-14-17(5-2)8-7-16(23)3/h7-12,14H,4-6,13,15H2,1-3H3/p+1. The summed E-state index contributed by atoms with van der Waals surface area (Å²) >= 11 is 0. The van der Waals surface area contributed by atoms with E-state index in [1.807, 2.05) is 30.7 Å². The van der Waals surface area contributed by atoms with Crippen LogP contribution >= 0.6 is 0 Å². The first kappa shape index (κ1) is 19.6. The number of nitrogens with zero attached hydrogens (tertiary/aromatic N) is 1. The molecule has 0 unspecified atom stereocenters. The SMILES string of the molecule is CCCCOC(=O)c1ccc(NC(=O)C[n+]2cc(CC)ccc2C)cc1. The Kier molecular flexibility index (Phi) is 7.33. The van der Waals surface area contributed by atoms with E-state index in [-0.39, 0.29) is 18.4 Å². The van der Waals surface area contributed by atoms with E-state index in [1.54, 1.807) is 24.3 Å². The van der Waals surface area contributed by atoms with Gasteiger partial charge in [0.25, 0.3) is 5.91 Å². The van der Waals surface area contributed by atoms with E-state index in [4.69, 9.17) is 4.74 Å². The van der Waals surface area contributed by atoms with Gasteiger partial charge in [0.1, 0.15) is 0 Å². The number of hydrogen-bond donors (Lipinski definition) is 1. The Morgan fingerprint density at radius 1 is 1.08 bits per heavy atom. The lowest BCUT2D eigenvalue weighted by Gasteiger charge is -2.07. The number of carbonyl (C=O) groups excluding carboxylic acids is 2. The normalized spacial score (nSPS) is 10.4. The summed E-state index contributed by atoms with van der Waals surface area (Å²) in [5.74, 6) is -0.441. The predicted octanol–water partition coefficient (Wildman–Crippen LogP) is 3.44. The van der Waals surface area contributed by atoms with Gasteiger partial charge in [-0.2, -0.15) is 4.57 Å². The molecular formula is C21H27N2O3+. The molecule has 0 fully saturated rings. The lowest BCUT2D eigenvalue weighted by molar-refractivity contribution is -0.690. The molecule has 1 aromatic heterocycles. The highest BCUT2D eigenvalue weighted by Crippen LogP contribution is 2.11. The Morgan fingerprint density at radius 2 is 1.81 bits per heavy atom. The number of amides is 1. The number of anilines is 1. The minimum absolute atomic E-state index is 0.107. The second-order valence-corrected chi connectivity index (χ2v) is 6.28. The largest absolute Gasteiger partial charge is 0.462 e. The smallest absolute Gasteiger partial charge is 0.338 e. The van der Waals surface area contributed by atoms with Crippen molar-refractivity contribution in [2.75, 3.05) is 11.9 Å². The molecule has 0 atom stereocenters. The molecule has 2 rings (SSSR count).